The van der Waals surface area contributed by atoms with Crippen LogP contribution in [0.2, 0.25) is 0 Å². The van der Waals surface area contributed by atoms with Crippen LogP contribution in [0.1, 0.15) is 29.3 Å². The highest BCUT2D eigenvalue weighted by atomic mass is 15.4. The third kappa shape index (κ3) is 1.82. The van der Waals surface area contributed by atoms with Crippen LogP contribution in [0.15, 0.2) is 30.3 Å². The molecule has 1 aromatic carbocycles. The number of anilines is 1. The summed E-state index contributed by atoms with van der Waals surface area (Å²) in [4.78, 5) is 0. The van der Waals surface area contributed by atoms with Crippen molar-refractivity contribution in [1.29, 1.82) is 0 Å². The summed E-state index contributed by atoms with van der Waals surface area (Å²) in [5, 5.41) is 7.99. The Bertz CT molecular complexity index is 542. The van der Waals surface area contributed by atoms with E-state index in [-0.39, 0.29) is 0 Å². The minimum absolute atomic E-state index is 0.375. The predicted octanol–water partition coefficient (Wildman–Crippen LogP) is 2.90. The molecule has 0 bridgehead atoms. The summed E-state index contributed by atoms with van der Waals surface area (Å²) in [6.45, 7) is 5.20. The molecule has 0 radical (unpaired) electrons. The van der Waals surface area contributed by atoms with E-state index in [9.17, 15) is 0 Å². The minimum Gasteiger partial charge on any atom is -0.370 e. The molecule has 0 fully saturated rings. The first-order valence-corrected chi connectivity index (χ1v) is 6.10. The standard InChI is InChI=1S/C14H17N3/c1-10-4-3-5-12(8-10)13-6-7-15-14-9-11(2)16-17(13)14/h3-5,8-9,13,15H,6-7H2,1-2H3. The van der Waals surface area contributed by atoms with Gasteiger partial charge < -0.3 is 5.32 Å². The maximum absolute atomic E-state index is 4.59. The van der Waals surface area contributed by atoms with Crippen molar-refractivity contribution in [2.45, 2.75) is 26.3 Å². The Morgan fingerprint density at radius 1 is 1.29 bits per heavy atom. The lowest BCUT2D eigenvalue weighted by molar-refractivity contribution is 0.479. The van der Waals surface area contributed by atoms with Crippen LogP contribution in [0.5, 0.6) is 0 Å². The molecule has 0 saturated heterocycles. The number of aromatic nitrogens is 2. The van der Waals surface area contributed by atoms with Gasteiger partial charge in [-0.2, -0.15) is 5.10 Å². The molecule has 1 aliphatic heterocycles. The van der Waals surface area contributed by atoms with Crippen molar-refractivity contribution >= 4 is 5.82 Å². The van der Waals surface area contributed by atoms with Gasteiger partial charge in [0.1, 0.15) is 5.82 Å². The lowest BCUT2D eigenvalue weighted by Crippen LogP contribution is -2.24. The van der Waals surface area contributed by atoms with Gasteiger partial charge in [-0.15, -0.1) is 0 Å². The first kappa shape index (κ1) is 10.4. The fourth-order valence-corrected chi connectivity index (χ4v) is 2.53. The first-order chi connectivity index (χ1) is 8.24. The lowest BCUT2D eigenvalue weighted by atomic mass is 10.0. The molecule has 1 unspecified atom stereocenters. The Hall–Kier alpha value is -1.77. The Morgan fingerprint density at radius 3 is 3.00 bits per heavy atom. The van der Waals surface area contributed by atoms with Crippen LogP contribution in [0.25, 0.3) is 0 Å². The SMILES string of the molecule is Cc1cccc(C2CCNc3cc(C)nn32)c1. The summed E-state index contributed by atoms with van der Waals surface area (Å²) in [6.07, 6.45) is 1.09. The Balaban J connectivity index is 2.05. The van der Waals surface area contributed by atoms with Gasteiger partial charge in [-0.1, -0.05) is 29.8 Å². The van der Waals surface area contributed by atoms with Crippen LogP contribution in [0.4, 0.5) is 5.82 Å². The van der Waals surface area contributed by atoms with Crippen LogP contribution in [0.3, 0.4) is 0 Å². The Labute approximate surface area is 101 Å². The Kier molecular flexibility index (Phi) is 2.39. The summed E-state index contributed by atoms with van der Waals surface area (Å²) in [6, 6.07) is 11.2. The van der Waals surface area contributed by atoms with E-state index in [4.69, 9.17) is 0 Å². The van der Waals surface area contributed by atoms with Gasteiger partial charge in [0.25, 0.3) is 0 Å². The van der Waals surface area contributed by atoms with Crippen LogP contribution < -0.4 is 5.32 Å². The molecule has 3 rings (SSSR count). The molecule has 1 N–H and O–H groups in total. The Morgan fingerprint density at radius 2 is 2.18 bits per heavy atom. The number of nitrogens with zero attached hydrogens (tertiary/aromatic N) is 2. The predicted molar refractivity (Wildman–Crippen MR) is 69.4 cm³/mol. The van der Waals surface area contributed by atoms with Crippen LogP contribution >= 0.6 is 0 Å². The number of rotatable bonds is 1. The van der Waals surface area contributed by atoms with Crippen LogP contribution in [-0.4, -0.2) is 16.3 Å². The average Bonchev–Trinajstić information content (AvgIpc) is 2.68. The fraction of sp³-hybridized carbons (Fsp3) is 0.357. The monoisotopic (exact) mass is 227 g/mol. The molecule has 1 aromatic heterocycles. The molecule has 2 aromatic rings. The van der Waals surface area contributed by atoms with E-state index >= 15 is 0 Å². The third-order valence-electron chi connectivity index (χ3n) is 3.30. The van der Waals surface area contributed by atoms with Crippen molar-refractivity contribution in [2.24, 2.45) is 0 Å². The van der Waals surface area contributed by atoms with Crippen molar-refractivity contribution < 1.29 is 0 Å². The molecule has 0 spiro atoms. The number of aryl methyl sites for hydroxylation is 2. The molecule has 1 aliphatic rings. The third-order valence-corrected chi connectivity index (χ3v) is 3.30. The molecule has 2 heterocycles. The van der Waals surface area contributed by atoms with Gasteiger partial charge in [-0.05, 0) is 25.8 Å². The number of nitrogens with one attached hydrogen (secondary N) is 1. The highest BCUT2D eigenvalue weighted by Crippen LogP contribution is 2.29. The van der Waals surface area contributed by atoms with Crippen LogP contribution in [-0.2, 0) is 0 Å². The zero-order chi connectivity index (χ0) is 11.8. The first-order valence-electron chi connectivity index (χ1n) is 6.10. The van der Waals surface area contributed by atoms with Gasteiger partial charge in [-0.25, -0.2) is 4.68 Å². The lowest BCUT2D eigenvalue weighted by Gasteiger charge is -2.26. The highest BCUT2D eigenvalue weighted by molar-refractivity contribution is 5.41. The van der Waals surface area contributed by atoms with E-state index < -0.39 is 0 Å². The average molecular weight is 227 g/mol. The topological polar surface area (TPSA) is 29.9 Å². The summed E-state index contributed by atoms with van der Waals surface area (Å²) in [5.41, 5.74) is 3.74. The molecule has 0 aliphatic carbocycles. The highest BCUT2D eigenvalue weighted by Gasteiger charge is 2.22. The molecule has 88 valence electrons. The van der Waals surface area contributed by atoms with Crippen molar-refractivity contribution in [2.75, 3.05) is 11.9 Å². The van der Waals surface area contributed by atoms with E-state index in [0.717, 1.165) is 24.5 Å². The molecule has 3 nitrogen and oxygen atoms in total. The van der Waals surface area contributed by atoms with E-state index in [1.54, 1.807) is 0 Å². The van der Waals surface area contributed by atoms with Crippen molar-refractivity contribution in [1.82, 2.24) is 9.78 Å². The number of hydrogen-bond donors (Lipinski definition) is 1. The van der Waals surface area contributed by atoms with E-state index in [1.165, 1.54) is 11.1 Å². The second-order valence-corrected chi connectivity index (χ2v) is 4.76. The quantitative estimate of drug-likeness (QED) is 0.811. The maximum Gasteiger partial charge on any atom is 0.125 e. The number of fused-ring (bicyclic) bond motifs is 1. The minimum atomic E-state index is 0.375. The second-order valence-electron chi connectivity index (χ2n) is 4.76. The second kappa shape index (κ2) is 3.91. The molecular weight excluding hydrogens is 210 g/mol. The zero-order valence-corrected chi connectivity index (χ0v) is 10.3. The summed E-state index contributed by atoms with van der Waals surface area (Å²) in [7, 11) is 0. The van der Waals surface area contributed by atoms with Crippen molar-refractivity contribution in [3.8, 4) is 0 Å². The molecular formula is C14H17N3. The number of hydrogen-bond acceptors (Lipinski definition) is 2. The maximum atomic E-state index is 4.59. The summed E-state index contributed by atoms with van der Waals surface area (Å²) >= 11 is 0. The largest absolute Gasteiger partial charge is 0.370 e. The van der Waals surface area contributed by atoms with E-state index in [2.05, 4.69) is 52.4 Å². The summed E-state index contributed by atoms with van der Waals surface area (Å²) < 4.78 is 2.12. The molecule has 17 heavy (non-hydrogen) atoms. The normalized spacial score (nSPS) is 18.6. The van der Waals surface area contributed by atoms with Crippen molar-refractivity contribution in [3.63, 3.8) is 0 Å². The van der Waals surface area contributed by atoms with Gasteiger partial charge in [0.05, 0.1) is 11.7 Å². The zero-order valence-electron chi connectivity index (χ0n) is 10.3. The van der Waals surface area contributed by atoms with Gasteiger partial charge in [0.15, 0.2) is 0 Å². The molecule has 0 amide bonds. The number of benzene rings is 1. The van der Waals surface area contributed by atoms with Gasteiger partial charge in [-0.3, -0.25) is 0 Å². The van der Waals surface area contributed by atoms with Crippen molar-refractivity contribution in [3.05, 3.63) is 47.2 Å². The van der Waals surface area contributed by atoms with E-state index in [1.807, 2.05) is 6.92 Å². The molecule has 1 atom stereocenters. The fourth-order valence-electron chi connectivity index (χ4n) is 2.53. The smallest absolute Gasteiger partial charge is 0.125 e. The van der Waals surface area contributed by atoms with E-state index in [0.29, 0.717) is 6.04 Å². The molecule has 3 heteroatoms. The van der Waals surface area contributed by atoms with Gasteiger partial charge >= 0.3 is 0 Å². The van der Waals surface area contributed by atoms with Gasteiger partial charge in [0, 0.05) is 12.6 Å². The van der Waals surface area contributed by atoms with Crippen LogP contribution in [0, 0.1) is 13.8 Å². The van der Waals surface area contributed by atoms with Gasteiger partial charge in [0.2, 0.25) is 0 Å². The molecule has 0 saturated carbocycles. The summed E-state index contributed by atoms with van der Waals surface area (Å²) in [5.74, 6) is 1.14.